The number of rotatable bonds is 27. The molecule has 3 N–H and O–H groups in total. The highest BCUT2D eigenvalue weighted by molar-refractivity contribution is 6.74. The molecule has 4 amide bonds. The van der Waals surface area contributed by atoms with Gasteiger partial charge in [0, 0.05) is 38.4 Å². The zero-order chi connectivity index (χ0) is 52.3. The third-order valence-electron chi connectivity index (χ3n) is 12.5. The highest BCUT2D eigenvalue weighted by Gasteiger charge is 2.41. The number of nitrogens with one attached hydrogen (secondary N) is 2. The van der Waals surface area contributed by atoms with Crippen LogP contribution in [0.4, 0.5) is 0 Å². The van der Waals surface area contributed by atoms with Gasteiger partial charge in [-0.25, -0.2) is 9.59 Å². The van der Waals surface area contributed by atoms with Crippen LogP contribution in [0.5, 0.6) is 0 Å². The van der Waals surface area contributed by atoms with Crippen LogP contribution in [-0.4, -0.2) is 126 Å². The quantitative estimate of drug-likeness (QED) is 0.0196. The Kier molecular flexibility index (Phi) is 26.5. The van der Waals surface area contributed by atoms with Crippen LogP contribution in [0, 0.1) is 30.1 Å². The van der Waals surface area contributed by atoms with Crippen LogP contribution in [0.3, 0.4) is 0 Å². The Morgan fingerprint density at radius 2 is 1.56 bits per heavy atom. The molecule has 1 rings (SSSR count). The number of esters is 2. The van der Waals surface area contributed by atoms with Crippen molar-refractivity contribution in [2.45, 2.75) is 173 Å². The predicted octanol–water partition coefficient (Wildman–Crippen LogP) is 7.95. The first-order valence-electron chi connectivity index (χ1n) is 23.4. The van der Waals surface area contributed by atoms with Crippen LogP contribution in [0.25, 0.3) is 0 Å². The lowest BCUT2D eigenvalue weighted by atomic mass is 9.92. The molecule has 1 aromatic carbocycles. The Morgan fingerprint density at radius 1 is 0.956 bits per heavy atom. The molecular weight excluding hydrogens is 951 g/mol. The van der Waals surface area contributed by atoms with E-state index in [2.05, 4.69) is 50.4 Å². The highest BCUT2D eigenvalue weighted by Crippen LogP contribution is 2.39. The molecule has 8 atom stereocenters. The fraction of sp³-hybridized carbons (Fsp3) is 0.680. The van der Waals surface area contributed by atoms with Crippen LogP contribution >= 0.6 is 34.8 Å². The van der Waals surface area contributed by atoms with Gasteiger partial charge in [0.2, 0.25) is 21.5 Å². The summed E-state index contributed by atoms with van der Waals surface area (Å²) in [6, 6.07) is 5.57. The summed E-state index contributed by atoms with van der Waals surface area (Å²) in [5.41, 5.74) is 0.925. The zero-order valence-corrected chi connectivity index (χ0v) is 46.0. The number of carbonyl (C=O) groups is 6. The molecule has 1 aromatic rings. The van der Waals surface area contributed by atoms with Crippen molar-refractivity contribution >= 4 is 78.7 Å². The van der Waals surface area contributed by atoms with Crippen molar-refractivity contribution in [3.63, 3.8) is 0 Å². The number of ether oxygens (including phenoxy) is 2. The number of benzene rings is 1. The summed E-state index contributed by atoms with van der Waals surface area (Å²) in [7, 11) is 0.640. The second-order valence-electron chi connectivity index (χ2n) is 19.8. The van der Waals surface area contributed by atoms with Gasteiger partial charge in [-0.1, -0.05) is 133 Å². The van der Waals surface area contributed by atoms with Gasteiger partial charge >= 0.3 is 11.9 Å². The van der Waals surface area contributed by atoms with Crippen molar-refractivity contribution < 1.29 is 47.8 Å². The summed E-state index contributed by atoms with van der Waals surface area (Å²) in [5, 5.41) is 16.6. The van der Waals surface area contributed by atoms with Crippen molar-refractivity contribution in [3.8, 4) is 12.3 Å². The van der Waals surface area contributed by atoms with E-state index in [-0.39, 0.29) is 53.7 Å². The van der Waals surface area contributed by atoms with E-state index in [9.17, 15) is 33.9 Å². The first-order chi connectivity index (χ1) is 31.4. The summed E-state index contributed by atoms with van der Waals surface area (Å²) in [4.78, 5) is 84.1. The molecule has 0 saturated carbocycles. The number of nitrogens with zero attached hydrogens (tertiary/aromatic N) is 2. The molecule has 0 radical (unpaired) electrons. The maximum absolute atomic E-state index is 14.2. The number of aliphatic hydroxyl groups is 1. The van der Waals surface area contributed by atoms with Crippen LogP contribution < -0.4 is 10.6 Å². The summed E-state index contributed by atoms with van der Waals surface area (Å²) in [6.07, 6.45) is 7.66. The molecule has 0 aliphatic carbocycles. The lowest BCUT2D eigenvalue weighted by molar-refractivity contribution is -0.154. The number of carbonyl (C=O) groups excluding carboxylic acids is 6. The van der Waals surface area contributed by atoms with Crippen molar-refractivity contribution in [1.29, 1.82) is 0 Å². The molecule has 0 fully saturated rings. The molecule has 68 heavy (non-hydrogen) atoms. The third-order valence-corrected chi connectivity index (χ3v) is 17.3. The van der Waals surface area contributed by atoms with Gasteiger partial charge in [0.05, 0.1) is 18.8 Å². The second-order valence-corrected chi connectivity index (χ2v) is 27.1. The van der Waals surface area contributed by atoms with Crippen LogP contribution in [-0.2, 0) is 49.1 Å². The van der Waals surface area contributed by atoms with Gasteiger partial charge in [0.25, 0.3) is 5.91 Å². The Labute approximate surface area is 422 Å². The van der Waals surface area contributed by atoms with Crippen molar-refractivity contribution in [1.82, 2.24) is 20.4 Å². The molecule has 14 nitrogen and oxygen atoms in total. The summed E-state index contributed by atoms with van der Waals surface area (Å²) in [6.45, 7) is 22.0. The standard InChI is InChI=1S/C50H79Cl3N4O10Si/c1-16-18-20-25-40(67-68(14,15)49(9,10)11)35(7)39(58)27-26-34(6)47(63)66-41(28-32(3)4)44(60)54-36(8)45(61)57(13)38(29-37-23-21-19-22-24-37)46(62)56(12)30-42(59)55-43(33(5)17-2)48(64)65-31-50(51,52)53/h1,19,21-24,26,32-33,35-36,38-41,43,58H,17-18,20,25,27-31H2,2-15H3,(H,54,60)(H,55,59)/b34-26+/t33-,35-,36-,38+,39-,40+,41+,43-/m0/s1. The SMILES string of the molecule is C#CCCC[C@@H](O[Si](C)(C)C(C)(C)C)[C@@H](C)[C@@H](O)C/C=C(\C)C(=O)O[C@H](CC(C)C)C(=O)N[C@@H](C)C(=O)N(C)[C@H](Cc1ccccc1)C(=O)N(C)CC(=O)N[C@H](C(=O)OCC(Cl)(Cl)Cl)[C@@H](C)CC. The summed E-state index contributed by atoms with van der Waals surface area (Å²) < 4.78 is 15.8. The second kappa shape index (κ2) is 28.9. The van der Waals surface area contributed by atoms with Crippen molar-refractivity contribution in [2.24, 2.45) is 17.8 Å². The Balaban J connectivity index is 3.23. The first kappa shape index (κ1) is 62.4. The molecule has 0 spiro atoms. The first-order valence-corrected chi connectivity index (χ1v) is 27.5. The van der Waals surface area contributed by atoms with E-state index in [1.165, 1.54) is 25.9 Å². The molecule has 0 heterocycles. The number of unbranched alkanes of at least 4 members (excludes halogenated alkanes) is 1. The van der Waals surface area contributed by atoms with Gasteiger partial charge in [-0.05, 0) is 75.1 Å². The highest BCUT2D eigenvalue weighted by atomic mass is 35.6. The van der Waals surface area contributed by atoms with Crippen LogP contribution in [0.2, 0.25) is 18.1 Å². The molecule has 0 unspecified atom stereocenters. The minimum atomic E-state index is -2.19. The summed E-state index contributed by atoms with van der Waals surface area (Å²) >= 11 is 17.3. The van der Waals surface area contributed by atoms with E-state index in [1.54, 1.807) is 44.2 Å². The van der Waals surface area contributed by atoms with E-state index in [1.807, 2.05) is 33.8 Å². The van der Waals surface area contributed by atoms with Gasteiger partial charge in [0.15, 0.2) is 14.4 Å². The van der Waals surface area contributed by atoms with Gasteiger partial charge in [-0.2, -0.15) is 0 Å². The van der Waals surface area contributed by atoms with Crippen LogP contribution in [0.15, 0.2) is 42.0 Å². The molecule has 18 heteroatoms. The maximum atomic E-state index is 14.2. The Morgan fingerprint density at radius 3 is 2.09 bits per heavy atom. The smallest absolute Gasteiger partial charge is 0.334 e. The van der Waals surface area contributed by atoms with Gasteiger partial charge < -0.3 is 39.4 Å². The molecule has 0 aromatic heterocycles. The molecule has 384 valence electrons. The minimum Gasteiger partial charge on any atom is -0.460 e. The lowest BCUT2D eigenvalue weighted by Crippen LogP contribution is -2.56. The fourth-order valence-electron chi connectivity index (χ4n) is 6.83. The normalized spacial score (nSPS) is 15.9. The van der Waals surface area contributed by atoms with E-state index in [0.29, 0.717) is 19.3 Å². The van der Waals surface area contributed by atoms with E-state index in [0.717, 1.165) is 16.9 Å². The third kappa shape index (κ3) is 21.5. The molecular formula is C50H79Cl3N4O10Si. The van der Waals surface area contributed by atoms with Gasteiger partial charge in [-0.15, -0.1) is 12.3 Å². The zero-order valence-electron chi connectivity index (χ0n) is 42.8. The number of likely N-dealkylation sites (N-methyl/N-ethyl adjacent to an activating group) is 2. The van der Waals surface area contributed by atoms with E-state index in [4.69, 9.17) is 55.1 Å². The lowest BCUT2D eigenvalue weighted by Gasteiger charge is -2.41. The predicted molar refractivity (Wildman–Crippen MR) is 272 cm³/mol. The number of hydrogen-bond donors (Lipinski definition) is 3. The molecule has 0 aliphatic heterocycles. The largest absolute Gasteiger partial charge is 0.460 e. The average Bonchev–Trinajstić information content (AvgIpc) is 3.25. The van der Waals surface area contributed by atoms with E-state index < -0.39 is 91.2 Å². The molecule has 0 bridgehead atoms. The van der Waals surface area contributed by atoms with Crippen LogP contribution in [0.1, 0.15) is 113 Å². The van der Waals surface area contributed by atoms with Gasteiger partial charge in [0.1, 0.15) is 24.7 Å². The van der Waals surface area contributed by atoms with Crippen molar-refractivity contribution in [2.75, 3.05) is 27.2 Å². The Bertz CT molecular complexity index is 1880. The number of alkyl halides is 3. The Hall–Kier alpha value is -3.65. The average molecular weight is 1030 g/mol. The maximum Gasteiger partial charge on any atom is 0.334 e. The molecule has 0 aliphatic rings. The topological polar surface area (TPSA) is 181 Å². The van der Waals surface area contributed by atoms with Gasteiger partial charge in [-0.3, -0.25) is 19.2 Å². The number of aliphatic hydroxyl groups excluding tert-OH is 1. The number of amides is 4. The number of halogens is 3. The summed E-state index contributed by atoms with van der Waals surface area (Å²) in [5.74, 6) is -2.19. The fourth-order valence-corrected chi connectivity index (χ4v) is 8.43. The monoisotopic (exact) mass is 1030 g/mol. The molecule has 0 saturated heterocycles. The minimum absolute atomic E-state index is 0.0408. The number of hydrogen-bond acceptors (Lipinski definition) is 10. The number of terminal acetylenes is 1. The van der Waals surface area contributed by atoms with Crippen molar-refractivity contribution in [3.05, 3.63) is 47.5 Å². The van der Waals surface area contributed by atoms with E-state index >= 15 is 0 Å².